The van der Waals surface area contributed by atoms with E-state index in [1.54, 1.807) is 18.2 Å². The van der Waals surface area contributed by atoms with E-state index in [2.05, 4.69) is 16.7 Å². The van der Waals surface area contributed by atoms with Gasteiger partial charge in [-0.2, -0.15) is 0 Å². The molecule has 1 aliphatic rings. The molecular formula is C20H24N2O4S. The van der Waals surface area contributed by atoms with E-state index in [0.29, 0.717) is 12.3 Å². The maximum atomic E-state index is 11.9. The summed E-state index contributed by atoms with van der Waals surface area (Å²) < 4.78 is 5.20. The molecule has 144 valence electrons. The SMILES string of the molecule is O=C(NCCC1=CCCCC1)C(=O)NCc1ccc([C@H](O)c2ccco2)s1. The summed E-state index contributed by atoms with van der Waals surface area (Å²) in [5.74, 6) is -0.784. The summed E-state index contributed by atoms with van der Waals surface area (Å²) in [6.07, 6.45) is 8.37. The van der Waals surface area contributed by atoms with Crippen LogP contribution in [-0.4, -0.2) is 23.5 Å². The summed E-state index contributed by atoms with van der Waals surface area (Å²) in [7, 11) is 0. The lowest BCUT2D eigenvalue weighted by Gasteiger charge is -2.12. The third kappa shape index (κ3) is 5.55. The van der Waals surface area contributed by atoms with E-state index in [1.165, 1.54) is 36.0 Å². The van der Waals surface area contributed by atoms with E-state index < -0.39 is 17.9 Å². The molecule has 0 spiro atoms. The van der Waals surface area contributed by atoms with Gasteiger partial charge in [-0.15, -0.1) is 11.3 Å². The highest BCUT2D eigenvalue weighted by Crippen LogP contribution is 2.28. The summed E-state index contributed by atoms with van der Waals surface area (Å²) in [5, 5.41) is 15.5. The first-order valence-corrected chi connectivity index (χ1v) is 9.99. The monoisotopic (exact) mass is 388 g/mol. The second kappa shape index (κ2) is 9.53. The molecule has 0 aromatic carbocycles. The largest absolute Gasteiger partial charge is 0.466 e. The van der Waals surface area contributed by atoms with Gasteiger partial charge in [0.2, 0.25) is 0 Å². The van der Waals surface area contributed by atoms with Gasteiger partial charge in [0, 0.05) is 16.3 Å². The minimum atomic E-state index is -0.827. The van der Waals surface area contributed by atoms with Crippen LogP contribution < -0.4 is 10.6 Å². The number of aliphatic hydroxyl groups excluding tert-OH is 1. The van der Waals surface area contributed by atoms with Crippen LogP contribution in [0.4, 0.5) is 0 Å². The number of carbonyl (C=O) groups is 2. The molecule has 0 fully saturated rings. The second-order valence-electron chi connectivity index (χ2n) is 6.52. The quantitative estimate of drug-likeness (QED) is 0.502. The molecule has 1 aliphatic carbocycles. The molecule has 3 rings (SSSR count). The van der Waals surface area contributed by atoms with Crippen molar-refractivity contribution in [1.82, 2.24) is 10.6 Å². The van der Waals surface area contributed by atoms with Crippen LogP contribution in [0.1, 0.15) is 53.7 Å². The zero-order valence-corrected chi connectivity index (χ0v) is 15.9. The summed E-state index contributed by atoms with van der Waals surface area (Å²) in [6, 6.07) is 7.04. The van der Waals surface area contributed by atoms with E-state index in [0.717, 1.165) is 29.0 Å². The summed E-state index contributed by atoms with van der Waals surface area (Å²) >= 11 is 1.37. The number of carbonyl (C=O) groups excluding carboxylic acids is 2. The summed E-state index contributed by atoms with van der Waals surface area (Å²) in [6.45, 7) is 0.726. The van der Waals surface area contributed by atoms with Crippen LogP contribution >= 0.6 is 11.3 Å². The van der Waals surface area contributed by atoms with Crippen LogP contribution in [0.2, 0.25) is 0 Å². The predicted molar refractivity (Wildman–Crippen MR) is 103 cm³/mol. The van der Waals surface area contributed by atoms with Crippen molar-refractivity contribution >= 4 is 23.2 Å². The number of thiophene rings is 1. The molecule has 0 radical (unpaired) electrons. The number of allylic oxidation sites excluding steroid dienone is 1. The van der Waals surface area contributed by atoms with Gasteiger partial charge in [-0.3, -0.25) is 9.59 Å². The molecule has 2 heterocycles. The second-order valence-corrected chi connectivity index (χ2v) is 7.72. The number of furan rings is 1. The number of hydrogen-bond donors (Lipinski definition) is 3. The van der Waals surface area contributed by atoms with Crippen LogP contribution in [0.15, 0.2) is 46.6 Å². The molecule has 0 aliphatic heterocycles. The third-order valence-electron chi connectivity index (χ3n) is 4.51. The Morgan fingerprint density at radius 2 is 2.04 bits per heavy atom. The van der Waals surface area contributed by atoms with E-state index in [4.69, 9.17) is 4.42 Å². The number of aliphatic hydroxyl groups is 1. The van der Waals surface area contributed by atoms with Crippen LogP contribution in [0, 0.1) is 0 Å². The predicted octanol–water partition coefficient (Wildman–Crippen LogP) is 3.05. The van der Waals surface area contributed by atoms with Crippen molar-refractivity contribution in [2.45, 2.75) is 44.8 Å². The molecule has 1 atom stereocenters. The smallest absolute Gasteiger partial charge is 0.309 e. The first-order valence-electron chi connectivity index (χ1n) is 9.17. The lowest BCUT2D eigenvalue weighted by atomic mass is 9.97. The van der Waals surface area contributed by atoms with Crippen molar-refractivity contribution < 1.29 is 19.1 Å². The Kier molecular flexibility index (Phi) is 6.84. The topological polar surface area (TPSA) is 91.6 Å². The number of nitrogens with one attached hydrogen (secondary N) is 2. The Morgan fingerprint density at radius 1 is 1.19 bits per heavy atom. The molecule has 7 heteroatoms. The minimum absolute atomic E-state index is 0.243. The zero-order chi connectivity index (χ0) is 19.1. The molecule has 0 unspecified atom stereocenters. The highest BCUT2D eigenvalue weighted by atomic mass is 32.1. The Labute approximate surface area is 162 Å². The van der Waals surface area contributed by atoms with Crippen molar-refractivity contribution in [2.75, 3.05) is 6.54 Å². The first kappa shape index (κ1) is 19.4. The van der Waals surface area contributed by atoms with Crippen molar-refractivity contribution in [1.29, 1.82) is 0 Å². The van der Waals surface area contributed by atoms with E-state index >= 15 is 0 Å². The molecule has 2 amide bonds. The van der Waals surface area contributed by atoms with E-state index in [9.17, 15) is 14.7 Å². The molecule has 3 N–H and O–H groups in total. The normalized spacial score (nSPS) is 15.1. The first-order chi connectivity index (χ1) is 13.1. The van der Waals surface area contributed by atoms with Crippen molar-refractivity contribution in [3.05, 3.63) is 57.7 Å². The highest BCUT2D eigenvalue weighted by Gasteiger charge is 2.17. The van der Waals surface area contributed by atoms with Crippen molar-refractivity contribution in [3.8, 4) is 0 Å². The fourth-order valence-corrected chi connectivity index (χ4v) is 3.97. The van der Waals surface area contributed by atoms with E-state index in [-0.39, 0.29) is 6.54 Å². The number of hydrogen-bond acceptors (Lipinski definition) is 5. The minimum Gasteiger partial charge on any atom is -0.466 e. The average Bonchev–Trinajstić information content (AvgIpc) is 3.38. The van der Waals surface area contributed by atoms with Gasteiger partial charge in [-0.25, -0.2) is 0 Å². The van der Waals surface area contributed by atoms with Gasteiger partial charge >= 0.3 is 11.8 Å². The summed E-state index contributed by atoms with van der Waals surface area (Å²) in [4.78, 5) is 25.4. The van der Waals surface area contributed by atoms with Gasteiger partial charge < -0.3 is 20.2 Å². The van der Waals surface area contributed by atoms with Gasteiger partial charge in [0.1, 0.15) is 11.9 Å². The fraction of sp³-hybridized carbons (Fsp3) is 0.400. The van der Waals surface area contributed by atoms with Crippen LogP contribution in [0.3, 0.4) is 0 Å². The molecule has 2 aromatic rings. The lowest BCUT2D eigenvalue weighted by molar-refractivity contribution is -0.139. The maximum absolute atomic E-state index is 11.9. The molecule has 0 saturated heterocycles. The average molecular weight is 388 g/mol. The molecule has 27 heavy (non-hydrogen) atoms. The Balaban J connectivity index is 1.40. The van der Waals surface area contributed by atoms with Gasteiger partial charge in [0.25, 0.3) is 0 Å². The van der Waals surface area contributed by atoms with Crippen molar-refractivity contribution in [3.63, 3.8) is 0 Å². The Morgan fingerprint density at radius 3 is 2.78 bits per heavy atom. The third-order valence-corrected chi connectivity index (χ3v) is 5.65. The molecule has 0 saturated carbocycles. The summed E-state index contributed by atoms with van der Waals surface area (Å²) in [5.41, 5.74) is 1.36. The molecule has 0 bridgehead atoms. The zero-order valence-electron chi connectivity index (χ0n) is 15.1. The fourth-order valence-electron chi connectivity index (χ4n) is 3.02. The highest BCUT2D eigenvalue weighted by molar-refractivity contribution is 7.12. The van der Waals surface area contributed by atoms with Gasteiger partial charge in [-0.05, 0) is 56.4 Å². The van der Waals surface area contributed by atoms with Crippen LogP contribution in [-0.2, 0) is 16.1 Å². The molecule has 2 aromatic heterocycles. The Bertz CT molecular complexity index is 795. The van der Waals surface area contributed by atoms with Gasteiger partial charge in [-0.1, -0.05) is 11.6 Å². The standard InChI is InChI=1S/C20H24N2O4S/c23-18(16-7-4-12-26-16)17-9-8-15(27-17)13-22-20(25)19(24)21-11-10-14-5-2-1-3-6-14/h4-5,7-9,12,18,23H,1-3,6,10-11,13H2,(H,21,24)(H,22,25)/t18-/m1/s1. The van der Waals surface area contributed by atoms with Gasteiger partial charge in [0.05, 0.1) is 12.8 Å². The number of amides is 2. The van der Waals surface area contributed by atoms with E-state index in [1.807, 2.05) is 6.07 Å². The van der Waals surface area contributed by atoms with Crippen molar-refractivity contribution in [2.24, 2.45) is 0 Å². The number of rotatable bonds is 7. The Hall–Kier alpha value is -2.38. The van der Waals surface area contributed by atoms with Gasteiger partial charge in [0.15, 0.2) is 0 Å². The molecule has 6 nitrogen and oxygen atoms in total. The molecular weight excluding hydrogens is 364 g/mol. The lowest BCUT2D eigenvalue weighted by Crippen LogP contribution is -2.39. The maximum Gasteiger partial charge on any atom is 0.309 e. The van der Waals surface area contributed by atoms with Crippen LogP contribution in [0.5, 0.6) is 0 Å². The van der Waals surface area contributed by atoms with Crippen LogP contribution in [0.25, 0.3) is 0 Å².